The number of esters is 3. The zero-order chi connectivity index (χ0) is 98.6. The van der Waals surface area contributed by atoms with Crippen LogP contribution in [0.3, 0.4) is 0 Å². The molecule has 1 aliphatic rings. The topological polar surface area (TPSA) is 447 Å². The molecule has 0 bridgehead atoms. The number of carbonyl (C=O) groups is 5. The van der Waals surface area contributed by atoms with Crippen LogP contribution >= 0.6 is 0 Å². The van der Waals surface area contributed by atoms with Gasteiger partial charge in [-0.05, 0) is 173 Å². The second-order valence-electron chi connectivity index (χ2n) is 31.8. The van der Waals surface area contributed by atoms with E-state index in [2.05, 4.69) is 75.7 Å². The molecule has 0 aliphatic carbocycles. The molecule has 1 aliphatic heterocycles. The third kappa shape index (κ3) is 35.7. The van der Waals surface area contributed by atoms with E-state index in [-0.39, 0.29) is 65.2 Å². The van der Waals surface area contributed by atoms with Gasteiger partial charge in [0.05, 0.1) is 52.3 Å². The number of primary sulfonamides is 4. The van der Waals surface area contributed by atoms with Crippen molar-refractivity contribution in [3.8, 4) is 46.0 Å². The average Bonchev–Trinajstić information content (AvgIpc) is 0.984. The molecular weight excluding hydrogens is 1800 g/mol. The zero-order valence-corrected chi connectivity index (χ0v) is 82.8. The third-order valence-electron chi connectivity index (χ3n) is 21.0. The summed E-state index contributed by atoms with van der Waals surface area (Å²) in [6, 6.07) is 47.4. The van der Waals surface area contributed by atoms with Crippen molar-refractivity contribution < 1.29 is 90.8 Å². The Morgan fingerprint density at radius 1 is 0.351 bits per heavy atom. The van der Waals surface area contributed by atoms with Crippen molar-refractivity contribution in [3.05, 3.63) is 192 Å². The van der Waals surface area contributed by atoms with E-state index in [9.17, 15) is 57.6 Å². The summed E-state index contributed by atoms with van der Waals surface area (Å²) in [6.07, 6.45) is 15.3. The van der Waals surface area contributed by atoms with E-state index in [0.717, 1.165) is 145 Å². The highest BCUT2D eigenvalue weighted by molar-refractivity contribution is 7.90. The molecule has 0 aromatic heterocycles. The molecule has 0 saturated carbocycles. The lowest BCUT2D eigenvalue weighted by Crippen LogP contribution is -2.34. The summed E-state index contributed by atoms with van der Waals surface area (Å²) in [7, 11) is -12.5. The highest BCUT2D eigenvalue weighted by atomic mass is 32.2. The number of likely N-dealkylation sites (N-methyl/N-ethyl adjacent to an activating group) is 2. The molecule has 33 nitrogen and oxygen atoms in total. The predicted molar refractivity (Wildman–Crippen MR) is 525 cm³/mol. The van der Waals surface area contributed by atoms with Crippen LogP contribution in [0.25, 0.3) is 0 Å². The Morgan fingerprint density at radius 2 is 0.612 bits per heavy atom. The van der Waals surface area contributed by atoms with Crippen LogP contribution in [0.15, 0.2) is 205 Å². The Hall–Kier alpha value is -11.6. The van der Waals surface area contributed by atoms with Gasteiger partial charge in [-0.2, -0.15) is 5.11 Å². The second-order valence-corrected chi connectivity index (χ2v) is 37.9. The number of para-hydroxylation sites is 4. The number of amides is 2. The molecule has 1 heterocycles. The Morgan fingerprint density at radius 3 is 0.851 bits per heavy atom. The Balaban J connectivity index is 0.000000275. The average molecular weight is 1930 g/mol. The van der Waals surface area contributed by atoms with Crippen LogP contribution in [0.5, 0.6) is 46.0 Å². The van der Waals surface area contributed by atoms with Gasteiger partial charge in [-0.25, -0.2) is 68.6 Å². The minimum absolute atomic E-state index is 0.0234. The van der Waals surface area contributed by atoms with Crippen LogP contribution in [0.2, 0.25) is 0 Å². The van der Waals surface area contributed by atoms with E-state index in [4.69, 9.17) is 53.7 Å². The van der Waals surface area contributed by atoms with Gasteiger partial charge in [0, 0.05) is 86.0 Å². The first-order valence-corrected chi connectivity index (χ1v) is 51.7. The number of sulfonamides is 4. The quantitative estimate of drug-likeness (QED) is 0.0203. The number of ether oxygens (including phenoxy) is 7. The molecule has 0 radical (unpaired) electrons. The molecule has 37 heteroatoms. The largest absolute Gasteiger partial charge is 0.465 e. The summed E-state index contributed by atoms with van der Waals surface area (Å²) in [5.41, 5.74) is 3.70. The smallest absolute Gasteiger partial charge is 0.338 e. The lowest BCUT2D eigenvalue weighted by molar-refractivity contribution is -0.134. The van der Waals surface area contributed by atoms with Crippen molar-refractivity contribution in [1.82, 2.24) is 9.80 Å². The van der Waals surface area contributed by atoms with Gasteiger partial charge >= 0.3 is 17.9 Å². The summed E-state index contributed by atoms with van der Waals surface area (Å²) in [5.74, 6) is -0.662. The zero-order valence-electron chi connectivity index (χ0n) is 79.5. The highest BCUT2D eigenvalue weighted by Gasteiger charge is 2.33. The lowest BCUT2D eigenvalue weighted by Gasteiger charge is -2.28. The molecule has 0 fully saturated rings. The molecule has 9 rings (SSSR count). The number of unbranched alkanes of at least 4 members (excludes halogenated alkanes) is 8. The number of hydrogen-bond acceptors (Lipinski definition) is 27. The second kappa shape index (κ2) is 56.6. The Bertz CT molecular complexity index is 5600. The van der Waals surface area contributed by atoms with Crippen LogP contribution in [0.1, 0.15) is 209 Å². The number of anilines is 4. The molecule has 2 amide bonds. The summed E-state index contributed by atoms with van der Waals surface area (Å²) >= 11 is 0. The Labute approximate surface area is 792 Å². The van der Waals surface area contributed by atoms with E-state index in [1.807, 2.05) is 71.0 Å². The molecule has 0 saturated heterocycles. The van der Waals surface area contributed by atoms with Crippen LogP contribution < -0.4 is 59.1 Å². The van der Waals surface area contributed by atoms with Gasteiger partial charge in [0.1, 0.15) is 49.1 Å². The van der Waals surface area contributed by atoms with E-state index in [0.29, 0.717) is 105 Å². The number of hydrogen-bond donors (Lipinski definition) is 4. The van der Waals surface area contributed by atoms with Gasteiger partial charge < -0.3 is 62.6 Å². The van der Waals surface area contributed by atoms with Crippen LogP contribution in [-0.4, -0.2) is 185 Å². The number of methoxy groups -OCH3 is 1. The van der Waals surface area contributed by atoms with E-state index >= 15 is 0 Å². The number of rotatable bonds is 51. The van der Waals surface area contributed by atoms with E-state index < -0.39 is 77.1 Å². The molecule has 0 atom stereocenters. The van der Waals surface area contributed by atoms with Gasteiger partial charge in [-0.3, -0.25) is 9.59 Å². The summed E-state index contributed by atoms with van der Waals surface area (Å²) in [6.45, 7) is 26.3. The summed E-state index contributed by atoms with van der Waals surface area (Å²) in [5, 5.41) is 34.0. The van der Waals surface area contributed by atoms with Gasteiger partial charge in [0.25, 0.3) is 11.8 Å². The fraction of sp³-hybridized carbons (Fsp3) is 0.443. The predicted octanol–water partition coefficient (Wildman–Crippen LogP) is 17.6. The van der Waals surface area contributed by atoms with Crippen LogP contribution in [-0.2, 0) is 70.3 Å². The van der Waals surface area contributed by atoms with Gasteiger partial charge in [0.2, 0.25) is 40.1 Å². The SMILES string of the molecule is CCCCN(CCCC)c1cc(C(=O)OC)cc(S(N)(=O)=O)c1Oc1ccccc1.CCCCN(CCCC)c1cc(C(=O)OCC(=O)N(C)C)cc(S(N)(=O)=O)c1Oc1ccccc1.CCCCN(CCCC)c1cc(C(=O)OCC(=O)N(CC)CC)cc(S(N)(=O)=O)c1Oc1ccccc1.CCCCN(CCCC)c1cc(CC2=NN=NC2)cc(S(N)(=O)=O)c1Oc1ccccc1. The highest BCUT2D eigenvalue weighted by Crippen LogP contribution is 2.45. The molecular formula is C97H135N13O20S4. The normalized spacial score (nSPS) is 11.7. The Kier molecular flexibility index (Phi) is 46.9. The summed E-state index contributed by atoms with van der Waals surface area (Å²) < 4.78 is 140. The molecule has 8 N–H and O–H groups in total. The van der Waals surface area contributed by atoms with Gasteiger partial charge in [-0.1, -0.05) is 180 Å². The number of carbonyl (C=O) groups excluding carboxylic acids is 5. The maximum atomic E-state index is 13.0. The molecule has 8 aromatic rings. The van der Waals surface area contributed by atoms with Crippen molar-refractivity contribution in [3.63, 3.8) is 0 Å². The van der Waals surface area contributed by atoms with Crippen molar-refractivity contribution in [2.45, 2.75) is 198 Å². The van der Waals surface area contributed by atoms with Gasteiger partial charge in [0.15, 0.2) is 36.2 Å². The van der Waals surface area contributed by atoms with E-state index in [1.54, 1.807) is 128 Å². The monoisotopic (exact) mass is 1930 g/mol. The molecule has 8 aromatic carbocycles. The minimum atomic E-state index is -4.29. The maximum absolute atomic E-state index is 13.0. The van der Waals surface area contributed by atoms with Crippen molar-refractivity contribution >= 4 is 98.3 Å². The standard InChI is InChI=1S/C27H39N3O6S.C25H35N3O6S.C23H31N5O3S.C22H30N2O5S/c1-5-9-16-30(17-10-6-2)23-18-21(27(32)35-20-25(31)29(7-3)8-4)19-24(37(28,33)34)26(23)36-22-14-12-11-13-15-22;1-5-7-14-28(15-8-6-2)21-16-19(25(30)33-18-23(29)27(3)4)17-22(35(26,31)32)24(21)34-20-12-10-9-11-13-20;1-3-5-12-28(13-6-4-2)21-15-18(14-19-17-25-27-26-19)16-22(32(24,29)30)23(21)31-20-10-8-7-9-11-20;1-4-6-13-24(14-7-5-2)19-15-17(22(25)28-3)16-20(30(23,26)27)21(19)29-18-11-9-8-10-12-18/h11-15,18-19H,5-10,16-17,20H2,1-4H3,(H2,28,33,34);9-13,16-17H,5-8,14-15,18H2,1-4H3,(H2,26,31,32);7-11,15-16H,3-6,12-14,17H2,1-2H3,(H2,24,29,30);8-12,15-16H,4-7,13-14H2,1-3H3,(H2,23,26,27). The summed E-state index contributed by atoms with van der Waals surface area (Å²) in [4.78, 5) is 72.5. The van der Waals surface area contributed by atoms with Gasteiger partial charge in [-0.15, -0.1) is 5.10 Å². The number of nitrogens with two attached hydrogens (primary N) is 4. The molecule has 0 spiro atoms. The fourth-order valence-electron chi connectivity index (χ4n) is 13.6. The molecule has 0 unspecified atom stereocenters. The van der Waals surface area contributed by atoms with Crippen LogP contribution in [0, 0.1) is 0 Å². The fourth-order valence-corrected chi connectivity index (χ4v) is 16.4. The first-order chi connectivity index (χ1) is 64.0. The van der Waals surface area contributed by atoms with Crippen molar-refractivity contribution in [2.75, 3.05) is 126 Å². The molecule has 732 valence electrons. The minimum Gasteiger partial charge on any atom is -0.465 e. The third-order valence-corrected chi connectivity index (χ3v) is 24.6. The van der Waals surface area contributed by atoms with E-state index in [1.165, 1.54) is 18.1 Å². The number of nitrogens with zero attached hydrogens (tertiary/aromatic N) is 9. The molecule has 134 heavy (non-hydrogen) atoms. The first kappa shape index (κ1) is 111. The lowest BCUT2D eigenvalue weighted by atomic mass is 10.1. The van der Waals surface area contributed by atoms with Crippen molar-refractivity contribution in [2.24, 2.45) is 36.0 Å². The number of benzene rings is 8. The first-order valence-electron chi connectivity index (χ1n) is 45.5. The van der Waals surface area contributed by atoms with Crippen molar-refractivity contribution in [1.29, 1.82) is 0 Å². The maximum Gasteiger partial charge on any atom is 0.338 e. The van der Waals surface area contributed by atoms with Crippen LogP contribution in [0.4, 0.5) is 22.7 Å².